The van der Waals surface area contributed by atoms with Crippen molar-refractivity contribution in [1.29, 1.82) is 0 Å². The molecule has 1 rings (SSSR count). The quantitative estimate of drug-likeness (QED) is 0.338. The summed E-state index contributed by atoms with van der Waals surface area (Å²) in [5, 5.41) is 0. The van der Waals surface area contributed by atoms with Gasteiger partial charge in [0, 0.05) is 0 Å². The van der Waals surface area contributed by atoms with E-state index in [9.17, 15) is 4.79 Å². The van der Waals surface area contributed by atoms with E-state index in [-0.39, 0.29) is 0 Å². The zero-order valence-corrected chi connectivity index (χ0v) is 12.4. The first-order chi connectivity index (χ1) is 6.35. The molecule has 0 fully saturated rings. The van der Waals surface area contributed by atoms with Crippen LogP contribution in [-0.4, -0.2) is 6.29 Å². The number of rotatable bonds is 1. The normalized spacial score (nSPS) is 16.3. The minimum atomic E-state index is 0.837. The molecule has 1 aliphatic carbocycles. The number of hydrogen-bond donors (Lipinski definition) is 0. The van der Waals surface area contributed by atoms with Gasteiger partial charge in [-0.2, -0.15) is 5.57 Å². The molecule has 0 bridgehead atoms. The predicted molar refractivity (Wildman–Crippen MR) is 69.4 cm³/mol. The van der Waals surface area contributed by atoms with Crippen molar-refractivity contribution in [2.24, 2.45) is 0 Å². The Labute approximate surface area is 108 Å². The average molecular weight is 448 g/mol. The van der Waals surface area contributed by atoms with Crippen molar-refractivity contribution in [1.82, 2.24) is 0 Å². The summed E-state index contributed by atoms with van der Waals surface area (Å²) in [4.78, 5) is 10.2. The van der Waals surface area contributed by atoms with E-state index in [0.717, 1.165) is 31.3 Å². The van der Waals surface area contributed by atoms with Gasteiger partial charge in [-0.05, 0) is 19.1 Å². The molecule has 0 saturated heterocycles. The van der Waals surface area contributed by atoms with Crippen LogP contribution in [0.25, 0.3) is 0 Å². The van der Waals surface area contributed by atoms with E-state index in [2.05, 4.69) is 53.0 Å². The molecule has 1 nitrogen and oxygen atoms in total. The maximum atomic E-state index is 10.2. The molecule has 0 aromatic heterocycles. The maximum absolute atomic E-state index is 10.2. The van der Waals surface area contributed by atoms with Crippen LogP contribution in [-0.2, 0) is 13.1 Å². The van der Waals surface area contributed by atoms with Crippen LogP contribution in [0.15, 0.2) is 23.8 Å². The van der Waals surface area contributed by atoms with Gasteiger partial charge in [-0.25, -0.2) is 6.08 Å². The Morgan fingerprint density at radius 2 is 1.85 bits per heavy atom. The van der Waals surface area contributed by atoms with Crippen molar-refractivity contribution in [2.75, 3.05) is 0 Å². The van der Waals surface area contributed by atoms with E-state index in [1.165, 1.54) is 8.26 Å². The summed E-state index contributed by atoms with van der Waals surface area (Å²) in [5.74, 6) is 0. The summed E-state index contributed by atoms with van der Waals surface area (Å²) < 4.78 is 0. The molecule has 0 unspecified atom stereocenters. The van der Waals surface area contributed by atoms with Crippen molar-refractivity contribution in [3.63, 3.8) is 0 Å². The van der Waals surface area contributed by atoms with Crippen molar-refractivity contribution < 1.29 is 13.1 Å². The zero-order chi connectivity index (χ0) is 9.94. The zero-order valence-electron chi connectivity index (χ0n) is 7.06. The number of carbonyl (C=O) groups excluding carboxylic acids is 1. The second kappa shape index (κ2) is 11.2. The fourth-order valence-electron chi connectivity index (χ4n) is 1.02. The Bertz CT molecular complexity index is 190. The van der Waals surface area contributed by atoms with Gasteiger partial charge in [0.2, 0.25) is 0 Å². The van der Waals surface area contributed by atoms with E-state index in [1.807, 2.05) is 12.4 Å². The molecule has 0 amide bonds. The van der Waals surface area contributed by atoms with E-state index in [0.29, 0.717) is 0 Å². The van der Waals surface area contributed by atoms with Crippen LogP contribution in [0.4, 0.5) is 0 Å². The number of allylic oxidation sites excluding steroid dienone is 4. The first kappa shape index (κ1) is 14.1. The Hall–Kier alpha value is 1.12. The van der Waals surface area contributed by atoms with Gasteiger partial charge in [0.25, 0.3) is 0 Å². The van der Waals surface area contributed by atoms with Gasteiger partial charge in [0.1, 0.15) is 0 Å². The third-order valence-corrected chi connectivity index (χ3v) is 1.60. The molecule has 0 aromatic carbocycles. The van der Waals surface area contributed by atoms with Crippen LogP contribution in [0.3, 0.4) is 0 Å². The molecule has 0 aromatic rings. The van der Waals surface area contributed by atoms with Crippen LogP contribution in [0.1, 0.15) is 25.7 Å². The van der Waals surface area contributed by atoms with E-state index in [1.54, 1.807) is 0 Å². The van der Waals surface area contributed by atoms with E-state index in [4.69, 9.17) is 0 Å². The van der Waals surface area contributed by atoms with Crippen LogP contribution in [0, 0.1) is 0 Å². The fourth-order valence-corrected chi connectivity index (χ4v) is 1.02. The van der Waals surface area contributed by atoms with Gasteiger partial charge in [0.05, 0.1) is 0 Å². The Kier molecular flexibility index (Phi) is 12.2. The molecule has 0 atom stereocenters. The summed E-state index contributed by atoms with van der Waals surface area (Å²) in [6.07, 6.45) is 12.1. The van der Waals surface area contributed by atoms with Crippen LogP contribution in [0.2, 0.25) is 0 Å². The molecule has 0 heterocycles. The summed E-state index contributed by atoms with van der Waals surface area (Å²) in [5.41, 5.74) is 0.837. The van der Waals surface area contributed by atoms with Crippen LogP contribution < -0.4 is 0 Å². The van der Waals surface area contributed by atoms with Crippen molar-refractivity contribution in [2.45, 2.75) is 25.7 Å². The Balaban J connectivity index is 0.000000424. The second-order valence-corrected chi connectivity index (χ2v) is 11.3. The van der Waals surface area contributed by atoms with Crippen molar-refractivity contribution in [3.8, 4) is 0 Å². The predicted octanol–water partition coefficient (Wildman–Crippen LogP) is 3.92. The standard InChI is InChI=1S/C9H11O.Co.2HI/c10-8-9-6-4-2-1-3-5-7-9;;;/h1-2,7H,3-6H2;;2*1H/q-1;+3;;/p-2. The van der Waals surface area contributed by atoms with Gasteiger partial charge in [0.15, 0.2) is 0 Å². The summed E-state index contributed by atoms with van der Waals surface area (Å²) >= 11 is 4.49. The van der Waals surface area contributed by atoms with Gasteiger partial charge in [-0.3, -0.25) is 0 Å². The third kappa shape index (κ3) is 9.42. The van der Waals surface area contributed by atoms with Crippen LogP contribution >= 0.6 is 40.8 Å². The topological polar surface area (TPSA) is 17.1 Å². The first-order valence-electron chi connectivity index (χ1n) is 3.91. The first-order valence-corrected chi connectivity index (χ1v) is 10.6. The molecule has 0 spiro atoms. The molecular formula is C9H11CoI2O. The summed E-state index contributed by atoms with van der Waals surface area (Å²) in [7, 11) is 1.38. The number of halogens is 2. The summed E-state index contributed by atoms with van der Waals surface area (Å²) in [6, 6.07) is 0. The van der Waals surface area contributed by atoms with Crippen LogP contribution in [0.5, 0.6) is 0 Å². The molecule has 0 radical (unpaired) electrons. The number of hydrogen-bond acceptors (Lipinski definition) is 1. The van der Waals surface area contributed by atoms with E-state index >= 15 is 0 Å². The average Bonchev–Trinajstić information content (AvgIpc) is 2.05. The SMILES string of the molecule is O=[C-]C1=CCCC=CCC1.[I][Co+][I]. The second-order valence-electron chi connectivity index (χ2n) is 2.47. The summed E-state index contributed by atoms with van der Waals surface area (Å²) in [6.45, 7) is 0. The van der Waals surface area contributed by atoms with Gasteiger partial charge >= 0.3 is 49.1 Å². The minimum absolute atomic E-state index is 0.837. The fraction of sp³-hybridized carbons (Fsp3) is 0.444. The molecule has 0 N–H and O–H groups in total. The molecule has 0 aliphatic heterocycles. The Morgan fingerprint density at radius 3 is 2.46 bits per heavy atom. The molecule has 0 saturated carbocycles. The van der Waals surface area contributed by atoms with Crippen molar-refractivity contribution in [3.05, 3.63) is 23.8 Å². The van der Waals surface area contributed by atoms with Gasteiger partial charge in [-0.15, -0.1) is 0 Å². The third-order valence-electron chi connectivity index (χ3n) is 1.60. The van der Waals surface area contributed by atoms with Gasteiger partial charge in [-0.1, -0.05) is 25.0 Å². The molecule has 1 aliphatic rings. The van der Waals surface area contributed by atoms with Gasteiger partial charge < -0.3 is 4.79 Å². The molecule has 4 heteroatoms. The van der Waals surface area contributed by atoms with E-state index < -0.39 is 0 Å². The van der Waals surface area contributed by atoms with Crippen molar-refractivity contribution >= 4 is 47.1 Å². The molecule has 76 valence electrons. The molecule has 13 heavy (non-hydrogen) atoms. The Morgan fingerprint density at radius 1 is 1.23 bits per heavy atom. The molecular weight excluding hydrogens is 437 g/mol. The monoisotopic (exact) mass is 448 g/mol.